The highest BCUT2D eigenvalue weighted by molar-refractivity contribution is 5.44. The van der Waals surface area contributed by atoms with Crippen LogP contribution < -0.4 is 16.0 Å². The fourth-order valence-electron chi connectivity index (χ4n) is 2.69. The second kappa shape index (κ2) is 5.33. The van der Waals surface area contributed by atoms with Gasteiger partial charge in [0, 0.05) is 37.4 Å². The van der Waals surface area contributed by atoms with Crippen LogP contribution in [0.1, 0.15) is 31.9 Å². The fourth-order valence-corrected chi connectivity index (χ4v) is 2.69. The van der Waals surface area contributed by atoms with Crippen LogP contribution >= 0.6 is 0 Å². The lowest BCUT2D eigenvalue weighted by atomic mass is 10.1. The summed E-state index contributed by atoms with van der Waals surface area (Å²) in [6, 6.07) is 2.62. The van der Waals surface area contributed by atoms with E-state index in [1.54, 1.807) is 0 Å². The summed E-state index contributed by atoms with van der Waals surface area (Å²) in [6.07, 6.45) is 5.06. The molecule has 5 heteroatoms. The van der Waals surface area contributed by atoms with Crippen LogP contribution in [0.3, 0.4) is 0 Å². The van der Waals surface area contributed by atoms with Crippen molar-refractivity contribution in [3.8, 4) is 0 Å². The molecule has 0 unspecified atom stereocenters. The Bertz CT molecular complexity index is 443. The first-order valence-electron chi connectivity index (χ1n) is 7.32. The van der Waals surface area contributed by atoms with Crippen LogP contribution in [0, 0.1) is 5.92 Å². The standard InChI is InChI=1S/C14H23N5/c1-10-9-19(7-6-16-10)13-8-12(17-14(15)18-13)5-4-11-2-3-11/h8,10-11,16H,2-7,9H2,1H3,(H2,15,17,18)/t10-/m0/s1. The Morgan fingerprint density at radius 1 is 1.42 bits per heavy atom. The van der Waals surface area contributed by atoms with Gasteiger partial charge in [-0.25, -0.2) is 4.98 Å². The molecule has 104 valence electrons. The largest absolute Gasteiger partial charge is 0.368 e. The third kappa shape index (κ3) is 3.35. The highest BCUT2D eigenvalue weighted by Crippen LogP contribution is 2.33. The van der Waals surface area contributed by atoms with Gasteiger partial charge in [0.2, 0.25) is 5.95 Å². The topological polar surface area (TPSA) is 67.1 Å². The second-order valence-corrected chi connectivity index (χ2v) is 5.86. The number of anilines is 2. The van der Waals surface area contributed by atoms with Gasteiger partial charge in [0.25, 0.3) is 0 Å². The number of rotatable bonds is 4. The number of aromatic nitrogens is 2. The number of nitrogens with one attached hydrogen (secondary N) is 1. The molecule has 3 N–H and O–H groups in total. The first kappa shape index (κ1) is 12.7. The summed E-state index contributed by atoms with van der Waals surface area (Å²) in [4.78, 5) is 11.1. The van der Waals surface area contributed by atoms with Crippen LogP contribution in [0.2, 0.25) is 0 Å². The third-order valence-corrected chi connectivity index (χ3v) is 3.98. The highest BCUT2D eigenvalue weighted by Gasteiger charge is 2.22. The van der Waals surface area contributed by atoms with E-state index in [9.17, 15) is 0 Å². The van der Waals surface area contributed by atoms with Crippen molar-refractivity contribution in [2.24, 2.45) is 5.92 Å². The minimum atomic E-state index is 0.412. The molecule has 0 aromatic carbocycles. The number of aryl methyl sites for hydroxylation is 1. The normalized spacial score (nSPS) is 23.6. The summed E-state index contributed by atoms with van der Waals surface area (Å²) in [5, 5.41) is 3.44. The molecule has 19 heavy (non-hydrogen) atoms. The number of nitrogens with two attached hydrogens (primary N) is 1. The van der Waals surface area contributed by atoms with Gasteiger partial charge in [0.1, 0.15) is 5.82 Å². The lowest BCUT2D eigenvalue weighted by Gasteiger charge is -2.32. The fraction of sp³-hybridized carbons (Fsp3) is 0.714. The molecule has 2 aliphatic rings. The van der Waals surface area contributed by atoms with Gasteiger partial charge >= 0.3 is 0 Å². The maximum Gasteiger partial charge on any atom is 0.222 e. The van der Waals surface area contributed by atoms with E-state index >= 15 is 0 Å². The SMILES string of the molecule is C[C@H]1CN(c2cc(CCC3CC3)nc(N)n2)CCN1. The number of nitrogens with zero attached hydrogens (tertiary/aromatic N) is 3. The molecule has 1 atom stereocenters. The quantitative estimate of drug-likeness (QED) is 0.852. The van der Waals surface area contributed by atoms with Gasteiger partial charge < -0.3 is 16.0 Å². The van der Waals surface area contributed by atoms with Crippen molar-refractivity contribution in [1.82, 2.24) is 15.3 Å². The van der Waals surface area contributed by atoms with Crippen molar-refractivity contribution in [2.75, 3.05) is 30.3 Å². The average molecular weight is 261 g/mol. The summed E-state index contributed by atoms with van der Waals surface area (Å²) in [5.41, 5.74) is 6.96. The molecule has 0 spiro atoms. The van der Waals surface area contributed by atoms with Crippen molar-refractivity contribution in [2.45, 2.75) is 38.6 Å². The highest BCUT2D eigenvalue weighted by atomic mass is 15.3. The van der Waals surface area contributed by atoms with Crippen molar-refractivity contribution in [3.05, 3.63) is 11.8 Å². The molecule has 1 aliphatic heterocycles. The van der Waals surface area contributed by atoms with Crippen LogP contribution in [-0.4, -0.2) is 35.6 Å². The molecule has 1 aliphatic carbocycles. The predicted molar refractivity (Wildman–Crippen MR) is 77.2 cm³/mol. The van der Waals surface area contributed by atoms with E-state index in [0.29, 0.717) is 12.0 Å². The van der Waals surface area contributed by atoms with Crippen LogP contribution in [0.25, 0.3) is 0 Å². The maximum absolute atomic E-state index is 5.86. The molecular formula is C14H23N5. The zero-order chi connectivity index (χ0) is 13.2. The predicted octanol–water partition coefficient (Wildman–Crippen LogP) is 1.20. The minimum Gasteiger partial charge on any atom is -0.368 e. The molecule has 0 amide bonds. The Labute approximate surface area is 114 Å². The number of nitrogen functional groups attached to an aromatic ring is 1. The first-order valence-corrected chi connectivity index (χ1v) is 7.32. The molecule has 2 heterocycles. The second-order valence-electron chi connectivity index (χ2n) is 5.86. The molecule has 1 saturated heterocycles. The molecule has 1 aromatic heterocycles. The maximum atomic E-state index is 5.86. The van der Waals surface area contributed by atoms with Crippen molar-refractivity contribution < 1.29 is 0 Å². The number of hydrogen-bond acceptors (Lipinski definition) is 5. The van der Waals surface area contributed by atoms with E-state index in [0.717, 1.165) is 43.5 Å². The van der Waals surface area contributed by atoms with Gasteiger partial charge in [-0.2, -0.15) is 4.98 Å². The monoisotopic (exact) mass is 261 g/mol. The third-order valence-electron chi connectivity index (χ3n) is 3.98. The lowest BCUT2D eigenvalue weighted by Crippen LogP contribution is -2.49. The van der Waals surface area contributed by atoms with Crippen LogP contribution in [0.15, 0.2) is 6.07 Å². The van der Waals surface area contributed by atoms with Gasteiger partial charge in [-0.05, 0) is 25.7 Å². The van der Waals surface area contributed by atoms with E-state index in [4.69, 9.17) is 5.73 Å². The van der Waals surface area contributed by atoms with Crippen molar-refractivity contribution in [1.29, 1.82) is 0 Å². The molecule has 2 fully saturated rings. The van der Waals surface area contributed by atoms with Crippen molar-refractivity contribution >= 4 is 11.8 Å². The molecule has 3 rings (SSSR count). The number of piperazine rings is 1. The van der Waals surface area contributed by atoms with Gasteiger partial charge in [-0.15, -0.1) is 0 Å². The summed E-state index contributed by atoms with van der Waals surface area (Å²) >= 11 is 0. The summed E-state index contributed by atoms with van der Waals surface area (Å²) in [7, 11) is 0. The summed E-state index contributed by atoms with van der Waals surface area (Å²) in [5.74, 6) is 2.33. The molecule has 0 bridgehead atoms. The summed E-state index contributed by atoms with van der Waals surface area (Å²) in [6.45, 7) is 5.18. The molecule has 0 radical (unpaired) electrons. The van der Waals surface area contributed by atoms with E-state index in [-0.39, 0.29) is 0 Å². The van der Waals surface area contributed by atoms with Gasteiger partial charge in [-0.1, -0.05) is 12.8 Å². The van der Waals surface area contributed by atoms with Gasteiger partial charge in [0.15, 0.2) is 0 Å². The number of hydrogen-bond donors (Lipinski definition) is 2. The summed E-state index contributed by atoms with van der Waals surface area (Å²) < 4.78 is 0. The van der Waals surface area contributed by atoms with Crippen LogP contribution in [0.4, 0.5) is 11.8 Å². The average Bonchev–Trinajstić information content (AvgIpc) is 3.20. The first-order chi connectivity index (χ1) is 9.20. The Hall–Kier alpha value is -1.36. The van der Waals surface area contributed by atoms with Crippen LogP contribution in [-0.2, 0) is 6.42 Å². The lowest BCUT2D eigenvalue weighted by molar-refractivity contribution is 0.482. The van der Waals surface area contributed by atoms with E-state index in [1.807, 2.05) is 0 Å². The zero-order valence-electron chi connectivity index (χ0n) is 11.6. The van der Waals surface area contributed by atoms with Gasteiger partial charge in [0.05, 0.1) is 0 Å². The Kier molecular flexibility index (Phi) is 3.55. The van der Waals surface area contributed by atoms with E-state index in [1.165, 1.54) is 19.3 Å². The van der Waals surface area contributed by atoms with Gasteiger partial charge in [-0.3, -0.25) is 0 Å². The minimum absolute atomic E-state index is 0.412. The molecular weight excluding hydrogens is 238 g/mol. The Balaban J connectivity index is 1.72. The van der Waals surface area contributed by atoms with E-state index in [2.05, 4.69) is 33.2 Å². The zero-order valence-corrected chi connectivity index (χ0v) is 11.6. The molecule has 5 nitrogen and oxygen atoms in total. The smallest absolute Gasteiger partial charge is 0.222 e. The van der Waals surface area contributed by atoms with Crippen molar-refractivity contribution in [3.63, 3.8) is 0 Å². The molecule has 1 aromatic rings. The van der Waals surface area contributed by atoms with E-state index < -0.39 is 0 Å². The Morgan fingerprint density at radius 2 is 2.26 bits per heavy atom. The Morgan fingerprint density at radius 3 is 3.00 bits per heavy atom. The van der Waals surface area contributed by atoms with Crippen LogP contribution in [0.5, 0.6) is 0 Å². The molecule has 1 saturated carbocycles.